The normalized spacial score (nSPS) is 17.4. The molecule has 0 fully saturated rings. The molecule has 0 radical (unpaired) electrons. The van der Waals surface area contributed by atoms with Crippen LogP contribution in [0.3, 0.4) is 0 Å². The number of rotatable bonds is 2. The molecular formula is C18H12Cl2N2O3. The third-order valence-corrected chi connectivity index (χ3v) is 4.49. The zero-order valence-electron chi connectivity index (χ0n) is 13.1. The van der Waals surface area contributed by atoms with Crippen molar-refractivity contribution in [2.45, 2.75) is 0 Å². The van der Waals surface area contributed by atoms with E-state index in [4.69, 9.17) is 32.7 Å². The molecule has 2 aromatic rings. The maximum Gasteiger partial charge on any atom is 0.277 e. The second kappa shape index (κ2) is 6.10. The number of carbonyl (C=O) groups excluding carboxylic acids is 1. The summed E-state index contributed by atoms with van der Waals surface area (Å²) >= 11 is 12.2. The molecular weight excluding hydrogens is 363 g/mol. The van der Waals surface area contributed by atoms with Crippen LogP contribution in [0.25, 0.3) is 6.08 Å². The van der Waals surface area contributed by atoms with Crippen LogP contribution in [0.2, 0.25) is 10.0 Å². The van der Waals surface area contributed by atoms with Crippen LogP contribution in [-0.4, -0.2) is 30.5 Å². The number of carbonyl (C=O) groups is 1. The minimum atomic E-state index is -0.210. The number of hydrogen-bond acceptors (Lipinski definition) is 4. The summed E-state index contributed by atoms with van der Waals surface area (Å²) in [6.07, 6.45) is 1.71. The average molecular weight is 375 g/mol. The van der Waals surface area contributed by atoms with Gasteiger partial charge >= 0.3 is 0 Å². The molecule has 126 valence electrons. The molecule has 4 rings (SSSR count). The highest BCUT2D eigenvalue weighted by atomic mass is 35.5. The van der Waals surface area contributed by atoms with E-state index in [1.807, 2.05) is 12.1 Å². The van der Waals surface area contributed by atoms with Crippen molar-refractivity contribution in [3.63, 3.8) is 0 Å². The van der Waals surface area contributed by atoms with E-state index in [0.29, 0.717) is 38.6 Å². The summed E-state index contributed by atoms with van der Waals surface area (Å²) < 4.78 is 10.6. The third kappa shape index (κ3) is 2.86. The van der Waals surface area contributed by atoms with Gasteiger partial charge in [-0.15, -0.1) is 0 Å². The Morgan fingerprint density at radius 1 is 1.12 bits per heavy atom. The lowest BCUT2D eigenvalue weighted by Gasteiger charge is -2.12. The molecule has 5 nitrogen and oxygen atoms in total. The molecule has 2 aliphatic rings. The summed E-state index contributed by atoms with van der Waals surface area (Å²) in [7, 11) is 1.66. The molecule has 2 aromatic carbocycles. The predicted octanol–water partition coefficient (Wildman–Crippen LogP) is 3.98. The number of benzene rings is 2. The highest BCUT2D eigenvalue weighted by Crippen LogP contribution is 2.34. The van der Waals surface area contributed by atoms with Crippen molar-refractivity contribution in [3.05, 3.63) is 63.3 Å². The number of amidine groups is 1. The molecule has 1 amide bonds. The first-order valence-corrected chi connectivity index (χ1v) is 8.22. The zero-order valence-corrected chi connectivity index (χ0v) is 14.6. The van der Waals surface area contributed by atoms with Gasteiger partial charge in [-0.2, -0.15) is 0 Å². The van der Waals surface area contributed by atoms with E-state index in [9.17, 15) is 4.79 Å². The summed E-state index contributed by atoms with van der Waals surface area (Å²) in [6, 6.07) is 10.5. The summed E-state index contributed by atoms with van der Waals surface area (Å²) in [5, 5.41) is 0.965. The van der Waals surface area contributed by atoms with Gasteiger partial charge in [-0.05, 0) is 42.0 Å². The monoisotopic (exact) mass is 374 g/mol. The molecule has 25 heavy (non-hydrogen) atoms. The van der Waals surface area contributed by atoms with Gasteiger partial charge in [0, 0.05) is 17.6 Å². The number of amides is 1. The number of hydrogen-bond donors (Lipinski definition) is 0. The molecule has 0 aromatic heterocycles. The summed E-state index contributed by atoms with van der Waals surface area (Å²) in [6.45, 7) is 0.203. The average Bonchev–Trinajstić information content (AvgIpc) is 3.15. The van der Waals surface area contributed by atoms with Crippen molar-refractivity contribution >= 4 is 41.0 Å². The fourth-order valence-corrected chi connectivity index (χ4v) is 3.16. The van der Waals surface area contributed by atoms with Crippen molar-refractivity contribution in [3.8, 4) is 11.5 Å². The first-order valence-electron chi connectivity index (χ1n) is 7.46. The van der Waals surface area contributed by atoms with Crippen LogP contribution in [0.15, 0.2) is 47.1 Å². The van der Waals surface area contributed by atoms with Gasteiger partial charge in [0.15, 0.2) is 11.5 Å². The van der Waals surface area contributed by atoms with E-state index >= 15 is 0 Å². The molecule has 0 bridgehead atoms. The summed E-state index contributed by atoms with van der Waals surface area (Å²) in [4.78, 5) is 18.4. The molecule has 0 saturated heterocycles. The fraction of sp³-hybridized carbons (Fsp3) is 0.111. The van der Waals surface area contributed by atoms with Crippen molar-refractivity contribution in [2.75, 3.05) is 13.8 Å². The summed E-state index contributed by atoms with van der Waals surface area (Å²) in [5.74, 6) is 1.62. The topological polar surface area (TPSA) is 51.1 Å². The van der Waals surface area contributed by atoms with Crippen molar-refractivity contribution in [1.82, 2.24) is 4.90 Å². The molecule has 0 saturated carbocycles. The Labute approximate surface area is 154 Å². The minimum absolute atomic E-state index is 0.203. The molecule has 0 N–H and O–H groups in total. The van der Waals surface area contributed by atoms with Crippen molar-refractivity contribution < 1.29 is 14.3 Å². The van der Waals surface area contributed by atoms with Crippen LogP contribution in [0.1, 0.15) is 11.1 Å². The number of nitrogens with zero attached hydrogens (tertiary/aromatic N) is 2. The molecule has 0 aliphatic carbocycles. The second-order valence-electron chi connectivity index (χ2n) is 5.57. The smallest absolute Gasteiger partial charge is 0.277 e. The van der Waals surface area contributed by atoms with E-state index in [0.717, 1.165) is 5.56 Å². The Bertz CT molecular complexity index is 953. The van der Waals surface area contributed by atoms with E-state index in [1.54, 1.807) is 37.4 Å². The fourth-order valence-electron chi connectivity index (χ4n) is 2.67. The first-order chi connectivity index (χ1) is 12.0. The number of aliphatic imine (C=N–C) groups is 1. The lowest BCUT2D eigenvalue weighted by molar-refractivity contribution is -0.121. The van der Waals surface area contributed by atoms with Gasteiger partial charge in [-0.3, -0.25) is 9.69 Å². The standard InChI is InChI=1S/C18H12Cl2N2O3/c1-22-17(12-4-3-11(19)8-13(12)20)21-14(18(22)23)6-10-2-5-15-16(7-10)25-9-24-15/h2-8H,9H2,1H3/b14-6+. The second-order valence-corrected chi connectivity index (χ2v) is 6.41. The Morgan fingerprint density at radius 3 is 2.72 bits per heavy atom. The number of fused-ring (bicyclic) bond motifs is 1. The molecule has 7 heteroatoms. The van der Waals surface area contributed by atoms with E-state index in [-0.39, 0.29) is 12.7 Å². The van der Waals surface area contributed by atoms with Gasteiger partial charge in [-0.25, -0.2) is 4.99 Å². The van der Waals surface area contributed by atoms with E-state index in [1.165, 1.54) is 4.90 Å². The molecule has 2 aliphatic heterocycles. The molecule has 0 spiro atoms. The predicted molar refractivity (Wildman–Crippen MR) is 96.3 cm³/mol. The lowest BCUT2D eigenvalue weighted by Crippen LogP contribution is -2.28. The molecule has 2 heterocycles. The number of halogens is 2. The van der Waals surface area contributed by atoms with Crippen LogP contribution in [0.5, 0.6) is 11.5 Å². The molecule has 0 atom stereocenters. The van der Waals surface area contributed by atoms with Gasteiger partial charge in [0.1, 0.15) is 11.5 Å². The van der Waals surface area contributed by atoms with Crippen molar-refractivity contribution in [2.24, 2.45) is 4.99 Å². The Morgan fingerprint density at radius 2 is 1.92 bits per heavy atom. The maximum absolute atomic E-state index is 12.5. The first kappa shape index (κ1) is 16.0. The third-order valence-electron chi connectivity index (χ3n) is 3.94. The van der Waals surface area contributed by atoms with Gasteiger partial charge in [-0.1, -0.05) is 29.3 Å². The number of ether oxygens (including phenoxy) is 2. The highest BCUT2D eigenvalue weighted by molar-refractivity contribution is 6.37. The van der Waals surface area contributed by atoms with Crippen molar-refractivity contribution in [1.29, 1.82) is 0 Å². The van der Waals surface area contributed by atoms with Gasteiger partial charge in [0.2, 0.25) is 6.79 Å². The SMILES string of the molecule is CN1C(=O)/C(=C\c2ccc3c(c2)OCO3)N=C1c1ccc(Cl)cc1Cl. The Kier molecular flexibility index (Phi) is 3.90. The highest BCUT2D eigenvalue weighted by Gasteiger charge is 2.29. The Hall–Kier alpha value is -2.50. The minimum Gasteiger partial charge on any atom is -0.454 e. The van der Waals surface area contributed by atoms with Gasteiger partial charge in [0.25, 0.3) is 5.91 Å². The lowest BCUT2D eigenvalue weighted by atomic mass is 10.1. The van der Waals surface area contributed by atoms with Crippen LogP contribution in [-0.2, 0) is 4.79 Å². The summed E-state index contributed by atoms with van der Waals surface area (Å²) in [5.41, 5.74) is 1.77. The Balaban J connectivity index is 1.73. The maximum atomic E-state index is 12.5. The van der Waals surface area contributed by atoms with Gasteiger partial charge in [0.05, 0.1) is 5.02 Å². The largest absolute Gasteiger partial charge is 0.454 e. The quantitative estimate of drug-likeness (QED) is 0.746. The van der Waals surface area contributed by atoms with Gasteiger partial charge < -0.3 is 9.47 Å². The molecule has 0 unspecified atom stereocenters. The van der Waals surface area contributed by atoms with E-state index in [2.05, 4.69) is 4.99 Å². The van der Waals surface area contributed by atoms with Crippen LogP contribution in [0, 0.1) is 0 Å². The van der Waals surface area contributed by atoms with Crippen LogP contribution >= 0.6 is 23.2 Å². The number of likely N-dealkylation sites (N-methyl/N-ethyl adjacent to an activating group) is 1. The van der Waals surface area contributed by atoms with Crippen LogP contribution in [0.4, 0.5) is 0 Å². The zero-order chi connectivity index (χ0) is 17.6. The van der Waals surface area contributed by atoms with E-state index < -0.39 is 0 Å². The van der Waals surface area contributed by atoms with Crippen LogP contribution < -0.4 is 9.47 Å².